The molecule has 0 spiro atoms. The predicted molar refractivity (Wildman–Crippen MR) is 47.4 cm³/mol. The summed E-state index contributed by atoms with van der Waals surface area (Å²) in [5.74, 6) is -1.33. The zero-order valence-electron chi connectivity index (χ0n) is 8.12. The van der Waals surface area contributed by atoms with Crippen molar-refractivity contribution in [1.82, 2.24) is 4.98 Å². The number of ether oxygens (including phenoxy) is 1. The van der Waals surface area contributed by atoms with Crippen molar-refractivity contribution in [2.45, 2.75) is 13.3 Å². The van der Waals surface area contributed by atoms with E-state index in [4.69, 9.17) is 9.84 Å². The summed E-state index contributed by atoms with van der Waals surface area (Å²) in [5.41, 5.74) is -1.13. The van der Waals surface area contributed by atoms with Gasteiger partial charge in [-0.1, -0.05) is 0 Å². The van der Waals surface area contributed by atoms with Crippen molar-refractivity contribution in [3.05, 3.63) is 23.0 Å². The molecule has 15 heavy (non-hydrogen) atoms. The molecular formula is C9H9F2NO3. The van der Waals surface area contributed by atoms with Crippen LogP contribution in [0.1, 0.15) is 28.0 Å². The van der Waals surface area contributed by atoms with Crippen LogP contribution in [0.25, 0.3) is 0 Å². The van der Waals surface area contributed by atoms with Crippen LogP contribution in [0.4, 0.5) is 8.78 Å². The fourth-order valence-corrected chi connectivity index (χ4v) is 1.24. The maximum Gasteiger partial charge on any atom is 0.355 e. The Hall–Kier alpha value is -1.72. The van der Waals surface area contributed by atoms with Crippen molar-refractivity contribution >= 4 is 5.97 Å². The molecular weight excluding hydrogens is 208 g/mol. The van der Waals surface area contributed by atoms with E-state index in [0.717, 1.165) is 6.20 Å². The number of alkyl halides is 2. The van der Waals surface area contributed by atoms with Gasteiger partial charge in [-0.3, -0.25) is 0 Å². The first-order valence-electron chi connectivity index (χ1n) is 4.04. The van der Waals surface area contributed by atoms with Crippen molar-refractivity contribution in [1.29, 1.82) is 0 Å². The molecule has 1 rings (SSSR count). The monoisotopic (exact) mass is 217 g/mol. The minimum atomic E-state index is -2.89. The number of carboxylic acids is 1. The Morgan fingerprint density at radius 1 is 1.60 bits per heavy atom. The summed E-state index contributed by atoms with van der Waals surface area (Å²) in [5, 5.41) is 8.67. The lowest BCUT2D eigenvalue weighted by molar-refractivity contribution is 0.0676. The molecule has 0 aliphatic rings. The number of carbonyl (C=O) groups is 1. The Morgan fingerprint density at radius 2 is 2.20 bits per heavy atom. The van der Waals surface area contributed by atoms with E-state index in [2.05, 4.69) is 4.98 Å². The second-order valence-electron chi connectivity index (χ2n) is 2.82. The highest BCUT2D eigenvalue weighted by Gasteiger charge is 2.24. The molecule has 6 heteroatoms. The maximum absolute atomic E-state index is 12.6. The number of hydrogen-bond donors (Lipinski definition) is 1. The van der Waals surface area contributed by atoms with Crippen molar-refractivity contribution in [2.24, 2.45) is 0 Å². The van der Waals surface area contributed by atoms with E-state index in [0.29, 0.717) is 0 Å². The lowest BCUT2D eigenvalue weighted by Gasteiger charge is -2.11. The standard InChI is InChI=1S/C9H9F2NO3/c1-4-5(15-2)3-12-7(9(13)14)6(4)8(10)11/h3,8H,1-2H3,(H,13,14). The summed E-state index contributed by atoms with van der Waals surface area (Å²) in [7, 11) is 1.31. The molecule has 82 valence electrons. The number of nitrogens with zero attached hydrogens (tertiary/aromatic N) is 1. The van der Waals surface area contributed by atoms with Gasteiger partial charge in [0.05, 0.1) is 18.9 Å². The number of rotatable bonds is 3. The highest BCUT2D eigenvalue weighted by molar-refractivity contribution is 5.87. The first-order valence-corrected chi connectivity index (χ1v) is 4.04. The predicted octanol–water partition coefficient (Wildman–Crippen LogP) is 2.03. The number of pyridine rings is 1. The molecule has 0 saturated heterocycles. The minimum Gasteiger partial charge on any atom is -0.495 e. The number of aromatic carboxylic acids is 1. The molecule has 1 aromatic rings. The molecule has 0 aliphatic carbocycles. The normalized spacial score (nSPS) is 10.5. The Balaban J connectivity index is 3.44. The summed E-state index contributed by atoms with van der Waals surface area (Å²) >= 11 is 0. The first kappa shape index (κ1) is 11.4. The number of carboxylic acid groups (broad SMARTS) is 1. The van der Waals surface area contributed by atoms with Crippen LogP contribution in [-0.2, 0) is 0 Å². The van der Waals surface area contributed by atoms with Gasteiger partial charge in [0.15, 0.2) is 5.69 Å². The van der Waals surface area contributed by atoms with Crippen LogP contribution in [0, 0.1) is 6.92 Å². The van der Waals surface area contributed by atoms with Crippen LogP contribution >= 0.6 is 0 Å². The Morgan fingerprint density at radius 3 is 2.60 bits per heavy atom. The molecule has 0 atom stereocenters. The fourth-order valence-electron chi connectivity index (χ4n) is 1.24. The molecule has 0 saturated carbocycles. The van der Waals surface area contributed by atoms with E-state index in [9.17, 15) is 13.6 Å². The molecule has 0 aliphatic heterocycles. The van der Waals surface area contributed by atoms with Gasteiger partial charge in [-0.2, -0.15) is 0 Å². The summed E-state index contributed by atoms with van der Waals surface area (Å²) in [6.07, 6.45) is -1.77. The highest BCUT2D eigenvalue weighted by atomic mass is 19.3. The zero-order chi connectivity index (χ0) is 11.6. The van der Waals surface area contributed by atoms with Gasteiger partial charge in [-0.05, 0) is 6.92 Å². The van der Waals surface area contributed by atoms with E-state index in [1.807, 2.05) is 0 Å². The van der Waals surface area contributed by atoms with Gasteiger partial charge in [0.25, 0.3) is 6.43 Å². The SMILES string of the molecule is COc1cnc(C(=O)O)c(C(F)F)c1C. The van der Waals surface area contributed by atoms with Crippen LogP contribution in [0.5, 0.6) is 5.75 Å². The summed E-state index contributed by atoms with van der Waals surface area (Å²) < 4.78 is 30.0. The van der Waals surface area contributed by atoms with Gasteiger partial charge in [0, 0.05) is 5.56 Å². The molecule has 1 aromatic heterocycles. The minimum absolute atomic E-state index is 0.0971. The quantitative estimate of drug-likeness (QED) is 0.841. The molecule has 0 amide bonds. The number of halogens is 2. The summed E-state index contributed by atoms with van der Waals surface area (Å²) in [4.78, 5) is 14.1. The number of hydrogen-bond acceptors (Lipinski definition) is 3. The Bertz CT molecular complexity index is 393. The highest BCUT2D eigenvalue weighted by Crippen LogP contribution is 2.30. The Kier molecular flexibility index (Phi) is 3.18. The van der Waals surface area contributed by atoms with Gasteiger partial charge in [-0.15, -0.1) is 0 Å². The largest absolute Gasteiger partial charge is 0.495 e. The van der Waals surface area contributed by atoms with Crippen molar-refractivity contribution in [2.75, 3.05) is 7.11 Å². The second-order valence-corrected chi connectivity index (χ2v) is 2.82. The average Bonchev–Trinajstić information content (AvgIpc) is 2.16. The smallest absolute Gasteiger partial charge is 0.355 e. The molecule has 4 nitrogen and oxygen atoms in total. The van der Waals surface area contributed by atoms with Gasteiger partial charge >= 0.3 is 5.97 Å². The van der Waals surface area contributed by atoms with Crippen LogP contribution in [-0.4, -0.2) is 23.2 Å². The lowest BCUT2D eigenvalue weighted by atomic mass is 10.1. The number of aromatic nitrogens is 1. The molecule has 0 unspecified atom stereocenters. The average molecular weight is 217 g/mol. The van der Waals surface area contributed by atoms with Gasteiger partial charge in [-0.25, -0.2) is 18.6 Å². The summed E-state index contributed by atoms with van der Waals surface area (Å²) in [6, 6.07) is 0. The third-order valence-electron chi connectivity index (χ3n) is 1.98. The van der Waals surface area contributed by atoms with E-state index in [-0.39, 0.29) is 11.3 Å². The molecule has 1 heterocycles. The first-order chi connectivity index (χ1) is 6.99. The Labute approximate surface area is 84.5 Å². The third-order valence-corrected chi connectivity index (χ3v) is 1.98. The van der Waals surface area contributed by atoms with Crippen molar-refractivity contribution < 1.29 is 23.4 Å². The van der Waals surface area contributed by atoms with Gasteiger partial charge < -0.3 is 9.84 Å². The van der Waals surface area contributed by atoms with E-state index in [1.165, 1.54) is 14.0 Å². The lowest BCUT2D eigenvalue weighted by Crippen LogP contribution is -2.09. The van der Waals surface area contributed by atoms with Gasteiger partial charge in [0.1, 0.15) is 5.75 Å². The molecule has 0 bridgehead atoms. The molecule has 0 radical (unpaired) electrons. The second kappa shape index (κ2) is 4.20. The maximum atomic E-state index is 12.6. The molecule has 0 fully saturated rings. The van der Waals surface area contributed by atoms with Crippen LogP contribution in [0.2, 0.25) is 0 Å². The van der Waals surface area contributed by atoms with E-state index < -0.39 is 23.7 Å². The van der Waals surface area contributed by atoms with E-state index >= 15 is 0 Å². The fraction of sp³-hybridized carbons (Fsp3) is 0.333. The topological polar surface area (TPSA) is 59.4 Å². The van der Waals surface area contributed by atoms with Crippen LogP contribution in [0.15, 0.2) is 6.20 Å². The van der Waals surface area contributed by atoms with Crippen molar-refractivity contribution in [3.63, 3.8) is 0 Å². The van der Waals surface area contributed by atoms with Crippen molar-refractivity contribution in [3.8, 4) is 5.75 Å². The van der Waals surface area contributed by atoms with Crippen LogP contribution in [0.3, 0.4) is 0 Å². The van der Waals surface area contributed by atoms with Gasteiger partial charge in [0.2, 0.25) is 0 Å². The van der Waals surface area contributed by atoms with Crippen LogP contribution < -0.4 is 4.74 Å². The molecule has 1 N–H and O–H groups in total. The van der Waals surface area contributed by atoms with E-state index in [1.54, 1.807) is 0 Å². The zero-order valence-corrected chi connectivity index (χ0v) is 8.12. The number of methoxy groups -OCH3 is 1. The summed E-state index contributed by atoms with van der Waals surface area (Å²) in [6.45, 7) is 1.37. The third kappa shape index (κ3) is 2.03. The molecule has 0 aromatic carbocycles.